The predicted molar refractivity (Wildman–Crippen MR) is 28.1 cm³/mol. The molecule has 0 saturated heterocycles. The molecule has 46 valence electrons. The van der Waals surface area contributed by atoms with Crippen LogP contribution in [0.1, 0.15) is 6.92 Å². The highest BCUT2D eigenvalue weighted by molar-refractivity contribution is 4.80. The molecule has 8 heavy (non-hydrogen) atoms. The highest BCUT2D eigenvalue weighted by Gasteiger charge is 1.97. The molecule has 0 aliphatic heterocycles. The van der Waals surface area contributed by atoms with E-state index in [1.165, 1.54) is 0 Å². The van der Waals surface area contributed by atoms with Gasteiger partial charge in [0, 0.05) is 6.61 Å². The van der Waals surface area contributed by atoms with Crippen LogP contribution in [0.25, 0.3) is 0 Å². The first-order chi connectivity index (χ1) is 3.81. The monoisotopic (exact) mass is 115 g/mol. The van der Waals surface area contributed by atoms with Crippen LogP contribution in [0.5, 0.6) is 0 Å². The number of nitriles is 1. The Kier molecular flexibility index (Phi) is 4.23. The molecule has 0 aromatic carbocycles. The minimum atomic E-state index is -0.963. The zero-order valence-electron chi connectivity index (χ0n) is 4.79. The average molecular weight is 115 g/mol. The summed E-state index contributed by atoms with van der Waals surface area (Å²) in [4.78, 5) is 0. The SMILES string of the molecule is CCOCC(O)C#N. The Labute approximate surface area is 48.5 Å². The maximum atomic E-state index is 8.50. The van der Waals surface area contributed by atoms with Gasteiger partial charge in [-0.05, 0) is 6.92 Å². The summed E-state index contributed by atoms with van der Waals surface area (Å²) in [5.41, 5.74) is 0. The van der Waals surface area contributed by atoms with Crippen molar-refractivity contribution in [3.8, 4) is 6.07 Å². The lowest BCUT2D eigenvalue weighted by atomic mass is 10.4. The number of aliphatic hydroxyl groups is 1. The molecule has 0 radical (unpaired) electrons. The molecule has 1 unspecified atom stereocenters. The van der Waals surface area contributed by atoms with Gasteiger partial charge < -0.3 is 9.84 Å². The van der Waals surface area contributed by atoms with Crippen molar-refractivity contribution >= 4 is 0 Å². The molecule has 0 spiro atoms. The molecule has 0 aliphatic carbocycles. The summed E-state index contributed by atoms with van der Waals surface area (Å²) in [5, 5.41) is 16.5. The van der Waals surface area contributed by atoms with E-state index in [2.05, 4.69) is 0 Å². The zero-order chi connectivity index (χ0) is 6.41. The molecule has 0 fully saturated rings. The van der Waals surface area contributed by atoms with Crippen LogP contribution >= 0.6 is 0 Å². The maximum absolute atomic E-state index is 8.50. The molecule has 0 aliphatic rings. The van der Waals surface area contributed by atoms with Crippen molar-refractivity contribution < 1.29 is 9.84 Å². The van der Waals surface area contributed by atoms with Gasteiger partial charge in [-0.3, -0.25) is 0 Å². The third kappa shape index (κ3) is 3.59. The Hall–Kier alpha value is -0.590. The fourth-order valence-electron chi connectivity index (χ4n) is 0.267. The van der Waals surface area contributed by atoms with E-state index in [9.17, 15) is 0 Å². The van der Waals surface area contributed by atoms with Crippen molar-refractivity contribution in [2.45, 2.75) is 13.0 Å². The van der Waals surface area contributed by atoms with Gasteiger partial charge in [0.2, 0.25) is 0 Å². The van der Waals surface area contributed by atoms with Crippen LogP contribution in [0, 0.1) is 11.3 Å². The number of rotatable bonds is 3. The van der Waals surface area contributed by atoms with E-state index in [0.29, 0.717) is 6.61 Å². The van der Waals surface area contributed by atoms with Crippen LogP contribution in [-0.2, 0) is 4.74 Å². The van der Waals surface area contributed by atoms with E-state index in [1.807, 2.05) is 6.92 Å². The third-order valence-electron chi connectivity index (χ3n) is 0.629. The van der Waals surface area contributed by atoms with E-state index < -0.39 is 6.10 Å². The predicted octanol–water partition coefficient (Wildman–Crippen LogP) is -0.0926. The van der Waals surface area contributed by atoms with Crippen molar-refractivity contribution in [2.24, 2.45) is 0 Å². The summed E-state index contributed by atoms with van der Waals surface area (Å²) in [6, 6.07) is 1.63. The number of aliphatic hydroxyl groups excluding tert-OH is 1. The Balaban J connectivity index is 3.02. The zero-order valence-corrected chi connectivity index (χ0v) is 4.79. The lowest BCUT2D eigenvalue weighted by Gasteiger charge is -1.98. The van der Waals surface area contributed by atoms with Gasteiger partial charge in [-0.25, -0.2) is 0 Å². The molecule has 0 aromatic heterocycles. The fourth-order valence-corrected chi connectivity index (χ4v) is 0.267. The summed E-state index contributed by atoms with van der Waals surface area (Å²) in [6.45, 7) is 2.47. The maximum Gasteiger partial charge on any atom is 0.163 e. The van der Waals surface area contributed by atoms with E-state index in [1.54, 1.807) is 6.07 Å². The van der Waals surface area contributed by atoms with Gasteiger partial charge in [0.15, 0.2) is 6.10 Å². The first-order valence-electron chi connectivity index (χ1n) is 2.46. The van der Waals surface area contributed by atoms with Gasteiger partial charge in [0.25, 0.3) is 0 Å². The number of hydrogen-bond donors (Lipinski definition) is 1. The standard InChI is InChI=1S/C5H9NO2/c1-2-8-4-5(7)3-6/h5,7H,2,4H2,1H3. The smallest absolute Gasteiger partial charge is 0.163 e. The highest BCUT2D eigenvalue weighted by atomic mass is 16.5. The van der Waals surface area contributed by atoms with Crippen LogP contribution in [0.2, 0.25) is 0 Å². The van der Waals surface area contributed by atoms with Crippen molar-refractivity contribution in [3.63, 3.8) is 0 Å². The molecule has 0 bridgehead atoms. The molecule has 1 atom stereocenters. The van der Waals surface area contributed by atoms with Gasteiger partial charge in [0.1, 0.15) is 0 Å². The highest BCUT2D eigenvalue weighted by Crippen LogP contribution is 1.80. The molecule has 0 rings (SSSR count). The summed E-state index contributed by atoms with van der Waals surface area (Å²) < 4.78 is 4.71. The lowest BCUT2D eigenvalue weighted by molar-refractivity contribution is 0.0703. The summed E-state index contributed by atoms with van der Waals surface area (Å²) in [7, 11) is 0. The first kappa shape index (κ1) is 7.41. The van der Waals surface area contributed by atoms with Gasteiger partial charge in [-0.1, -0.05) is 0 Å². The molecule has 0 saturated carbocycles. The van der Waals surface area contributed by atoms with E-state index in [-0.39, 0.29) is 6.61 Å². The quantitative estimate of drug-likeness (QED) is 0.523. The van der Waals surface area contributed by atoms with Crippen LogP contribution in [0.4, 0.5) is 0 Å². The second-order valence-electron chi connectivity index (χ2n) is 1.30. The van der Waals surface area contributed by atoms with Crippen LogP contribution < -0.4 is 0 Å². The van der Waals surface area contributed by atoms with Crippen molar-refractivity contribution in [1.82, 2.24) is 0 Å². The number of nitrogens with zero attached hydrogens (tertiary/aromatic N) is 1. The van der Waals surface area contributed by atoms with Crippen LogP contribution in [0.3, 0.4) is 0 Å². The Morgan fingerprint density at radius 1 is 1.88 bits per heavy atom. The van der Waals surface area contributed by atoms with Crippen LogP contribution in [0.15, 0.2) is 0 Å². The largest absolute Gasteiger partial charge is 0.378 e. The Morgan fingerprint density at radius 2 is 2.50 bits per heavy atom. The molecule has 3 heteroatoms. The van der Waals surface area contributed by atoms with Gasteiger partial charge in [-0.2, -0.15) is 5.26 Å². The number of hydrogen-bond acceptors (Lipinski definition) is 3. The van der Waals surface area contributed by atoms with E-state index >= 15 is 0 Å². The van der Waals surface area contributed by atoms with Crippen molar-refractivity contribution in [1.29, 1.82) is 5.26 Å². The minimum Gasteiger partial charge on any atom is -0.378 e. The molecule has 1 N–H and O–H groups in total. The third-order valence-corrected chi connectivity index (χ3v) is 0.629. The summed E-state index contributed by atoms with van der Waals surface area (Å²) >= 11 is 0. The first-order valence-corrected chi connectivity index (χ1v) is 2.46. The molecular weight excluding hydrogens is 106 g/mol. The van der Waals surface area contributed by atoms with Gasteiger partial charge in [-0.15, -0.1) is 0 Å². The number of ether oxygens (including phenoxy) is 1. The molecule has 3 nitrogen and oxygen atoms in total. The lowest BCUT2D eigenvalue weighted by Crippen LogP contribution is -2.11. The Morgan fingerprint density at radius 3 is 2.88 bits per heavy atom. The second kappa shape index (κ2) is 4.57. The van der Waals surface area contributed by atoms with E-state index in [0.717, 1.165) is 0 Å². The van der Waals surface area contributed by atoms with Crippen molar-refractivity contribution in [2.75, 3.05) is 13.2 Å². The summed E-state index contributed by atoms with van der Waals surface area (Å²) in [6.07, 6.45) is -0.963. The molecule has 0 heterocycles. The van der Waals surface area contributed by atoms with Crippen molar-refractivity contribution in [3.05, 3.63) is 0 Å². The molecular formula is C5H9NO2. The van der Waals surface area contributed by atoms with Crippen LogP contribution in [-0.4, -0.2) is 24.4 Å². The van der Waals surface area contributed by atoms with E-state index in [4.69, 9.17) is 15.1 Å². The van der Waals surface area contributed by atoms with Gasteiger partial charge in [0.05, 0.1) is 12.7 Å². The fraction of sp³-hybridized carbons (Fsp3) is 0.800. The second-order valence-corrected chi connectivity index (χ2v) is 1.30. The minimum absolute atomic E-state index is 0.118. The molecule has 0 amide bonds. The Bertz CT molecular complexity index is 86.9. The topological polar surface area (TPSA) is 53.2 Å². The normalized spacial score (nSPS) is 12.6. The summed E-state index contributed by atoms with van der Waals surface area (Å²) in [5.74, 6) is 0. The molecule has 0 aromatic rings. The average Bonchev–Trinajstić information content (AvgIpc) is 1.83. The van der Waals surface area contributed by atoms with Gasteiger partial charge >= 0.3 is 0 Å².